The van der Waals surface area contributed by atoms with Crippen molar-refractivity contribution in [1.82, 2.24) is 10.6 Å². The van der Waals surface area contributed by atoms with Crippen molar-refractivity contribution in [3.63, 3.8) is 0 Å². The summed E-state index contributed by atoms with van der Waals surface area (Å²) in [5.74, 6) is -6.05. The molecular weight excluding hydrogens is 503 g/mol. The first-order valence-corrected chi connectivity index (χ1v) is 11.2. The summed E-state index contributed by atoms with van der Waals surface area (Å²) in [6.07, 6.45) is -0.763. The van der Waals surface area contributed by atoms with E-state index in [4.69, 9.17) is 14.6 Å². The summed E-state index contributed by atoms with van der Waals surface area (Å²) in [4.78, 5) is 59.6. The zero-order valence-corrected chi connectivity index (χ0v) is 19.8. The molecule has 0 bridgehead atoms. The second-order valence-corrected chi connectivity index (χ2v) is 7.94. The lowest BCUT2D eigenvalue weighted by Crippen LogP contribution is -2.48. The third-order valence-corrected chi connectivity index (χ3v) is 5.21. The zero-order chi connectivity index (χ0) is 27.7. The van der Waals surface area contributed by atoms with Crippen LogP contribution in [-0.2, 0) is 19.2 Å². The van der Waals surface area contributed by atoms with Crippen molar-refractivity contribution in [3.05, 3.63) is 72.0 Å². The van der Waals surface area contributed by atoms with Gasteiger partial charge in [0, 0.05) is 5.39 Å². The van der Waals surface area contributed by atoms with Crippen molar-refractivity contribution in [1.29, 1.82) is 0 Å². The standard InChI is InChI=1S/C26H23FN2O9/c27-18-7-3-4-8-21(18)37-13-20(30)19(11-24(33)34)29-22(31)12-28-23(32)14-38-25-16-6-2-1-5-15(16)9-10-17(25)26(35)36/h1-10,19H,11-14H2,(H,28,32)(H,29,31)(H,33,34)(H,35,36)/t19-/m0/s1. The van der Waals surface area contributed by atoms with Crippen LogP contribution >= 0.6 is 0 Å². The Kier molecular flexibility index (Phi) is 9.30. The minimum absolute atomic E-state index is 0.0165. The van der Waals surface area contributed by atoms with E-state index in [2.05, 4.69) is 10.6 Å². The first-order valence-electron chi connectivity index (χ1n) is 11.2. The molecule has 198 valence electrons. The Balaban J connectivity index is 1.55. The minimum Gasteiger partial charge on any atom is -0.483 e. The van der Waals surface area contributed by atoms with Gasteiger partial charge in [-0.15, -0.1) is 0 Å². The number of ether oxygens (including phenoxy) is 2. The summed E-state index contributed by atoms with van der Waals surface area (Å²) in [5.41, 5.74) is -0.151. The van der Waals surface area contributed by atoms with E-state index in [1.54, 1.807) is 30.3 Å². The number of halogens is 1. The van der Waals surface area contributed by atoms with Gasteiger partial charge in [-0.3, -0.25) is 19.2 Å². The van der Waals surface area contributed by atoms with Crippen LogP contribution in [0, 0.1) is 5.82 Å². The highest BCUT2D eigenvalue weighted by Gasteiger charge is 2.25. The zero-order valence-electron chi connectivity index (χ0n) is 19.8. The largest absolute Gasteiger partial charge is 0.483 e. The van der Waals surface area contributed by atoms with Crippen molar-refractivity contribution < 1.29 is 48.0 Å². The average Bonchev–Trinajstić information content (AvgIpc) is 2.89. The molecule has 1 atom stereocenters. The molecular formula is C26H23FN2O9. The quantitative estimate of drug-likeness (QED) is 0.259. The minimum atomic E-state index is -1.49. The number of carbonyl (C=O) groups is 5. The van der Waals surface area contributed by atoms with Gasteiger partial charge in [-0.1, -0.05) is 42.5 Å². The summed E-state index contributed by atoms with van der Waals surface area (Å²) < 4.78 is 24.2. The maximum Gasteiger partial charge on any atom is 0.339 e. The average molecular weight is 526 g/mol. The number of amides is 2. The molecule has 0 aromatic heterocycles. The topological polar surface area (TPSA) is 168 Å². The maximum absolute atomic E-state index is 13.7. The van der Waals surface area contributed by atoms with Crippen LogP contribution in [0.15, 0.2) is 60.7 Å². The number of rotatable bonds is 13. The highest BCUT2D eigenvalue weighted by molar-refractivity contribution is 6.01. The molecule has 0 fully saturated rings. The molecule has 0 aliphatic rings. The van der Waals surface area contributed by atoms with Gasteiger partial charge in [0.15, 0.2) is 24.0 Å². The lowest BCUT2D eigenvalue weighted by Gasteiger charge is -2.17. The number of aliphatic carboxylic acids is 1. The molecule has 0 aliphatic carbocycles. The number of benzene rings is 3. The Labute approximate surface area is 215 Å². The van der Waals surface area contributed by atoms with Crippen LogP contribution in [0.1, 0.15) is 16.8 Å². The van der Waals surface area contributed by atoms with Crippen LogP contribution in [0.2, 0.25) is 0 Å². The highest BCUT2D eigenvalue weighted by atomic mass is 19.1. The predicted molar refractivity (Wildman–Crippen MR) is 130 cm³/mol. The van der Waals surface area contributed by atoms with E-state index in [0.29, 0.717) is 10.8 Å². The fraction of sp³-hybridized carbons (Fsp3) is 0.192. The Hall–Kier alpha value is -5.00. The number of hydrogen-bond acceptors (Lipinski definition) is 7. The van der Waals surface area contributed by atoms with Crippen LogP contribution in [-0.4, -0.2) is 65.5 Å². The molecule has 0 spiro atoms. The summed E-state index contributed by atoms with van der Waals surface area (Å²) in [6, 6.07) is 13.6. The molecule has 0 radical (unpaired) electrons. The molecule has 38 heavy (non-hydrogen) atoms. The number of para-hydroxylation sites is 1. The van der Waals surface area contributed by atoms with Crippen molar-refractivity contribution in [2.24, 2.45) is 0 Å². The number of carbonyl (C=O) groups excluding carboxylic acids is 3. The highest BCUT2D eigenvalue weighted by Crippen LogP contribution is 2.30. The Bertz CT molecular complexity index is 1380. The first kappa shape index (κ1) is 27.6. The monoisotopic (exact) mass is 526 g/mol. The first-order chi connectivity index (χ1) is 18.2. The van der Waals surface area contributed by atoms with Crippen LogP contribution in [0.5, 0.6) is 11.5 Å². The van der Waals surface area contributed by atoms with Crippen LogP contribution in [0.25, 0.3) is 10.8 Å². The van der Waals surface area contributed by atoms with Crippen molar-refractivity contribution in [2.75, 3.05) is 19.8 Å². The van der Waals surface area contributed by atoms with Crippen LogP contribution in [0.4, 0.5) is 4.39 Å². The Morgan fingerprint density at radius 2 is 1.55 bits per heavy atom. The number of fused-ring (bicyclic) bond motifs is 1. The number of nitrogens with one attached hydrogen (secondary N) is 2. The maximum atomic E-state index is 13.7. The van der Waals surface area contributed by atoms with E-state index in [-0.39, 0.29) is 17.1 Å². The van der Waals surface area contributed by atoms with Crippen molar-refractivity contribution in [3.8, 4) is 11.5 Å². The van der Waals surface area contributed by atoms with E-state index in [0.717, 1.165) is 6.07 Å². The Morgan fingerprint density at radius 3 is 2.26 bits per heavy atom. The van der Waals surface area contributed by atoms with Gasteiger partial charge in [0.1, 0.15) is 24.0 Å². The molecule has 0 unspecified atom stereocenters. The van der Waals surface area contributed by atoms with Gasteiger partial charge >= 0.3 is 11.9 Å². The van der Waals surface area contributed by atoms with Gasteiger partial charge in [-0.25, -0.2) is 9.18 Å². The van der Waals surface area contributed by atoms with Crippen molar-refractivity contribution >= 4 is 40.3 Å². The molecule has 2 amide bonds. The van der Waals surface area contributed by atoms with Gasteiger partial charge in [0.05, 0.1) is 13.0 Å². The molecule has 3 rings (SSSR count). The number of carboxylic acids is 2. The number of ketones is 1. The molecule has 4 N–H and O–H groups in total. The molecule has 3 aromatic rings. The molecule has 0 heterocycles. The normalized spacial score (nSPS) is 11.3. The third kappa shape index (κ3) is 7.50. The number of Topliss-reactive ketones (excluding diaryl/α,β-unsaturated/α-hetero) is 1. The fourth-order valence-electron chi connectivity index (χ4n) is 3.41. The fourth-order valence-corrected chi connectivity index (χ4v) is 3.41. The number of hydrogen-bond donors (Lipinski definition) is 4. The van der Waals surface area contributed by atoms with Gasteiger partial charge in [0.25, 0.3) is 5.91 Å². The summed E-state index contributed by atoms with van der Waals surface area (Å²) in [5, 5.41) is 24.1. The van der Waals surface area contributed by atoms with Gasteiger partial charge < -0.3 is 30.3 Å². The molecule has 0 saturated heterocycles. The summed E-state index contributed by atoms with van der Waals surface area (Å²) in [7, 11) is 0. The number of aromatic carboxylic acids is 1. The van der Waals surface area contributed by atoms with E-state index in [1.165, 1.54) is 24.3 Å². The van der Waals surface area contributed by atoms with E-state index in [1.807, 2.05) is 0 Å². The van der Waals surface area contributed by atoms with Gasteiger partial charge in [-0.2, -0.15) is 0 Å². The lowest BCUT2D eigenvalue weighted by atomic mass is 10.1. The molecule has 0 aliphatic heterocycles. The second kappa shape index (κ2) is 12.8. The predicted octanol–water partition coefficient (Wildman–Crippen LogP) is 1.78. The number of carboxylic acid groups (broad SMARTS) is 2. The molecule has 3 aromatic carbocycles. The van der Waals surface area contributed by atoms with E-state index >= 15 is 0 Å². The lowest BCUT2D eigenvalue weighted by molar-refractivity contribution is -0.140. The smallest absolute Gasteiger partial charge is 0.339 e. The van der Waals surface area contributed by atoms with Gasteiger partial charge in [-0.05, 0) is 23.6 Å². The molecule has 0 saturated carbocycles. The summed E-state index contributed by atoms with van der Waals surface area (Å²) in [6.45, 7) is -1.94. The summed E-state index contributed by atoms with van der Waals surface area (Å²) >= 11 is 0. The van der Waals surface area contributed by atoms with Crippen molar-refractivity contribution in [2.45, 2.75) is 12.5 Å². The second-order valence-electron chi connectivity index (χ2n) is 7.94. The Morgan fingerprint density at radius 1 is 0.842 bits per heavy atom. The third-order valence-electron chi connectivity index (χ3n) is 5.21. The molecule has 11 nitrogen and oxygen atoms in total. The molecule has 12 heteroatoms. The SMILES string of the molecule is O=C(O)C[C@H](NC(=O)CNC(=O)COc1c(C(=O)O)ccc2ccccc12)C(=O)COc1ccccc1F. The van der Waals surface area contributed by atoms with E-state index < -0.39 is 67.6 Å². The van der Waals surface area contributed by atoms with E-state index in [9.17, 15) is 33.5 Å². The van der Waals surface area contributed by atoms with Crippen LogP contribution in [0.3, 0.4) is 0 Å². The van der Waals surface area contributed by atoms with Crippen LogP contribution < -0.4 is 20.1 Å². The van der Waals surface area contributed by atoms with Gasteiger partial charge in [0.2, 0.25) is 5.91 Å².